The van der Waals surface area contributed by atoms with Gasteiger partial charge in [-0.05, 0) is 37.3 Å². The number of hydrogen-bond donors (Lipinski definition) is 1. The van der Waals surface area contributed by atoms with E-state index in [1.54, 1.807) is 0 Å². The van der Waals surface area contributed by atoms with Crippen molar-refractivity contribution in [3.8, 4) is 0 Å². The normalized spacial score (nSPS) is 29.4. The number of fused-ring (bicyclic) bond motifs is 1. The Balaban J connectivity index is 1.61. The maximum Gasteiger partial charge on any atom is 0.0446 e. The molecule has 3 rings (SSSR count). The van der Waals surface area contributed by atoms with Crippen molar-refractivity contribution < 1.29 is 0 Å². The van der Waals surface area contributed by atoms with E-state index in [0.29, 0.717) is 6.04 Å². The summed E-state index contributed by atoms with van der Waals surface area (Å²) in [6, 6.07) is 11.3. The van der Waals surface area contributed by atoms with Crippen molar-refractivity contribution in [3.05, 3.63) is 35.9 Å². The monoisotopic (exact) mass is 244 g/mol. The topological polar surface area (TPSA) is 15.3 Å². The minimum absolute atomic E-state index is 0.477. The molecular weight excluding hydrogens is 220 g/mol. The highest BCUT2D eigenvalue weighted by atomic mass is 15.2. The average Bonchev–Trinajstić information content (AvgIpc) is 2.97. The molecule has 1 aliphatic heterocycles. The summed E-state index contributed by atoms with van der Waals surface area (Å²) in [5.74, 6) is 2.00. The summed E-state index contributed by atoms with van der Waals surface area (Å²) in [5, 5.41) is 3.47. The van der Waals surface area contributed by atoms with Crippen LogP contribution in [0.4, 0.5) is 0 Å². The van der Waals surface area contributed by atoms with E-state index in [1.165, 1.54) is 37.9 Å². The van der Waals surface area contributed by atoms with Gasteiger partial charge in [0.2, 0.25) is 0 Å². The van der Waals surface area contributed by atoms with Crippen LogP contribution >= 0.6 is 0 Å². The molecule has 0 radical (unpaired) electrons. The maximum absolute atomic E-state index is 3.47. The third kappa shape index (κ3) is 2.45. The number of hydrogen-bond acceptors (Lipinski definition) is 2. The number of nitrogens with one attached hydrogen (secondary N) is 1. The lowest BCUT2D eigenvalue weighted by Crippen LogP contribution is -2.33. The SMILES string of the molecule is CNC(CN1CC2CCCC2C1)c1ccccc1. The molecule has 0 bridgehead atoms. The van der Waals surface area contributed by atoms with Crippen molar-refractivity contribution in [2.45, 2.75) is 25.3 Å². The molecule has 98 valence electrons. The Morgan fingerprint density at radius 1 is 1.17 bits per heavy atom. The number of rotatable bonds is 4. The van der Waals surface area contributed by atoms with E-state index in [2.05, 4.69) is 47.6 Å². The molecule has 3 atom stereocenters. The Hall–Kier alpha value is -0.860. The Morgan fingerprint density at radius 2 is 1.83 bits per heavy atom. The highest BCUT2D eigenvalue weighted by Gasteiger charge is 2.36. The van der Waals surface area contributed by atoms with Gasteiger partial charge in [0.15, 0.2) is 0 Å². The zero-order chi connectivity index (χ0) is 12.4. The summed E-state index contributed by atoms with van der Waals surface area (Å²) < 4.78 is 0. The number of nitrogens with zero attached hydrogens (tertiary/aromatic N) is 1. The third-order valence-electron chi connectivity index (χ3n) is 4.79. The van der Waals surface area contributed by atoms with Gasteiger partial charge in [0.25, 0.3) is 0 Å². The van der Waals surface area contributed by atoms with Gasteiger partial charge in [-0.15, -0.1) is 0 Å². The quantitative estimate of drug-likeness (QED) is 0.876. The minimum Gasteiger partial charge on any atom is -0.312 e. The fourth-order valence-corrected chi connectivity index (χ4v) is 3.79. The van der Waals surface area contributed by atoms with E-state index in [1.807, 2.05) is 0 Å². The molecule has 1 aromatic carbocycles. The molecule has 0 spiro atoms. The van der Waals surface area contributed by atoms with Gasteiger partial charge < -0.3 is 10.2 Å². The predicted molar refractivity (Wildman–Crippen MR) is 75.5 cm³/mol. The molecule has 1 aliphatic carbocycles. The molecule has 1 heterocycles. The summed E-state index contributed by atoms with van der Waals surface area (Å²) in [6.07, 6.45) is 4.41. The molecule has 0 aromatic heterocycles. The predicted octanol–water partition coefficient (Wildman–Crippen LogP) is 2.68. The van der Waals surface area contributed by atoms with Crippen LogP contribution in [0.1, 0.15) is 30.9 Å². The van der Waals surface area contributed by atoms with E-state index in [9.17, 15) is 0 Å². The Bertz CT molecular complexity index is 364. The Morgan fingerprint density at radius 3 is 2.44 bits per heavy atom. The lowest BCUT2D eigenvalue weighted by atomic mass is 10.0. The third-order valence-corrected chi connectivity index (χ3v) is 4.79. The molecule has 1 saturated carbocycles. The fourth-order valence-electron chi connectivity index (χ4n) is 3.79. The van der Waals surface area contributed by atoms with E-state index >= 15 is 0 Å². The minimum atomic E-state index is 0.477. The highest BCUT2D eigenvalue weighted by Crippen LogP contribution is 2.38. The molecule has 1 saturated heterocycles. The van der Waals surface area contributed by atoms with E-state index in [-0.39, 0.29) is 0 Å². The standard InChI is InChI=1S/C16H24N2/c1-17-16(13-6-3-2-4-7-13)12-18-10-14-8-5-9-15(14)11-18/h2-4,6-7,14-17H,5,8-12H2,1H3. The van der Waals surface area contributed by atoms with Gasteiger partial charge in [0.1, 0.15) is 0 Å². The molecule has 1 N–H and O–H groups in total. The molecule has 2 aliphatic rings. The second-order valence-corrected chi connectivity index (χ2v) is 5.92. The first-order valence-corrected chi connectivity index (χ1v) is 7.31. The van der Waals surface area contributed by atoms with Crippen LogP contribution in [0.2, 0.25) is 0 Å². The van der Waals surface area contributed by atoms with Gasteiger partial charge in [0.05, 0.1) is 0 Å². The van der Waals surface area contributed by atoms with Crippen LogP contribution in [0, 0.1) is 11.8 Å². The van der Waals surface area contributed by atoms with Gasteiger partial charge in [-0.1, -0.05) is 36.8 Å². The lowest BCUT2D eigenvalue weighted by Gasteiger charge is -2.24. The second-order valence-electron chi connectivity index (χ2n) is 5.92. The maximum atomic E-state index is 3.47. The second kappa shape index (κ2) is 5.41. The highest BCUT2D eigenvalue weighted by molar-refractivity contribution is 5.19. The van der Waals surface area contributed by atoms with E-state index in [4.69, 9.17) is 0 Å². The summed E-state index contributed by atoms with van der Waals surface area (Å²) in [7, 11) is 2.08. The Kier molecular flexibility index (Phi) is 3.67. The molecule has 0 amide bonds. The zero-order valence-corrected chi connectivity index (χ0v) is 11.3. The fraction of sp³-hybridized carbons (Fsp3) is 0.625. The van der Waals surface area contributed by atoms with Crippen molar-refractivity contribution in [3.63, 3.8) is 0 Å². The summed E-state index contributed by atoms with van der Waals surface area (Å²) >= 11 is 0. The lowest BCUT2D eigenvalue weighted by molar-refractivity contribution is 0.278. The van der Waals surface area contributed by atoms with Gasteiger partial charge in [-0.3, -0.25) is 0 Å². The summed E-state index contributed by atoms with van der Waals surface area (Å²) in [5.41, 5.74) is 1.41. The van der Waals surface area contributed by atoms with Gasteiger partial charge in [0, 0.05) is 25.7 Å². The first-order valence-electron chi connectivity index (χ1n) is 7.31. The zero-order valence-electron chi connectivity index (χ0n) is 11.3. The molecule has 18 heavy (non-hydrogen) atoms. The van der Waals surface area contributed by atoms with Gasteiger partial charge >= 0.3 is 0 Å². The smallest absolute Gasteiger partial charge is 0.0446 e. The van der Waals surface area contributed by atoms with Crippen LogP contribution in [0.3, 0.4) is 0 Å². The van der Waals surface area contributed by atoms with Crippen LogP contribution in [0.25, 0.3) is 0 Å². The van der Waals surface area contributed by atoms with Crippen molar-refractivity contribution >= 4 is 0 Å². The van der Waals surface area contributed by atoms with Gasteiger partial charge in [-0.25, -0.2) is 0 Å². The number of likely N-dealkylation sites (tertiary alicyclic amines) is 1. The summed E-state index contributed by atoms with van der Waals surface area (Å²) in [6.45, 7) is 3.82. The van der Waals surface area contributed by atoms with Crippen molar-refractivity contribution in [1.29, 1.82) is 0 Å². The van der Waals surface area contributed by atoms with E-state index in [0.717, 1.165) is 18.4 Å². The van der Waals surface area contributed by atoms with E-state index < -0.39 is 0 Å². The molecule has 2 fully saturated rings. The van der Waals surface area contributed by atoms with Crippen LogP contribution < -0.4 is 5.32 Å². The van der Waals surface area contributed by atoms with Gasteiger partial charge in [-0.2, -0.15) is 0 Å². The molecule has 1 aromatic rings. The van der Waals surface area contributed by atoms with Crippen LogP contribution in [-0.2, 0) is 0 Å². The first-order chi connectivity index (χ1) is 8.86. The van der Waals surface area contributed by atoms with Crippen LogP contribution in [0.5, 0.6) is 0 Å². The first kappa shape index (κ1) is 12.2. The molecule has 2 nitrogen and oxygen atoms in total. The Labute approximate surface area is 110 Å². The number of benzene rings is 1. The van der Waals surface area contributed by atoms with Crippen LogP contribution in [-0.4, -0.2) is 31.6 Å². The molecule has 3 unspecified atom stereocenters. The molecular formula is C16H24N2. The van der Waals surface area contributed by atoms with Crippen molar-refractivity contribution in [1.82, 2.24) is 10.2 Å². The summed E-state index contributed by atoms with van der Waals surface area (Å²) in [4.78, 5) is 2.67. The van der Waals surface area contributed by atoms with Crippen molar-refractivity contribution in [2.75, 3.05) is 26.7 Å². The largest absolute Gasteiger partial charge is 0.312 e. The number of likely N-dealkylation sites (N-methyl/N-ethyl adjacent to an activating group) is 1. The molecule has 2 heteroatoms. The average molecular weight is 244 g/mol. The van der Waals surface area contributed by atoms with Crippen molar-refractivity contribution in [2.24, 2.45) is 11.8 Å². The van der Waals surface area contributed by atoms with Crippen LogP contribution in [0.15, 0.2) is 30.3 Å².